The number of benzene rings is 1. The van der Waals surface area contributed by atoms with Crippen molar-refractivity contribution >= 4 is 39.1 Å². The Balaban J connectivity index is 2.64. The van der Waals surface area contributed by atoms with Crippen molar-refractivity contribution in [2.75, 3.05) is 19.0 Å². The number of hydrogen-bond acceptors (Lipinski definition) is 1. The predicted molar refractivity (Wildman–Crippen MR) is 80.1 cm³/mol. The third-order valence-corrected chi connectivity index (χ3v) is 3.65. The SMILES string of the molecule is CCCCN(CCCl)Cc1ccc(Br)cc1Cl. The first-order valence-electron chi connectivity index (χ1n) is 5.89. The molecule has 0 bridgehead atoms. The monoisotopic (exact) mass is 337 g/mol. The summed E-state index contributed by atoms with van der Waals surface area (Å²) in [5.74, 6) is 0.665. The van der Waals surface area contributed by atoms with E-state index >= 15 is 0 Å². The van der Waals surface area contributed by atoms with Gasteiger partial charge in [0.15, 0.2) is 0 Å². The first-order chi connectivity index (χ1) is 8.17. The molecule has 0 unspecified atom stereocenters. The Kier molecular flexibility index (Phi) is 7.52. The maximum atomic E-state index is 6.22. The van der Waals surface area contributed by atoms with Crippen molar-refractivity contribution in [3.63, 3.8) is 0 Å². The molecule has 17 heavy (non-hydrogen) atoms. The summed E-state index contributed by atoms with van der Waals surface area (Å²) in [6, 6.07) is 6.04. The van der Waals surface area contributed by atoms with E-state index in [1.807, 2.05) is 12.1 Å². The lowest BCUT2D eigenvalue weighted by Crippen LogP contribution is -2.26. The second-order valence-corrected chi connectivity index (χ2v) is 5.76. The first-order valence-corrected chi connectivity index (χ1v) is 7.60. The topological polar surface area (TPSA) is 3.24 Å². The van der Waals surface area contributed by atoms with Crippen molar-refractivity contribution in [3.05, 3.63) is 33.3 Å². The Morgan fingerprint density at radius 2 is 2.06 bits per heavy atom. The molecule has 0 aliphatic carbocycles. The molecule has 0 saturated heterocycles. The highest BCUT2D eigenvalue weighted by molar-refractivity contribution is 9.10. The van der Waals surface area contributed by atoms with Gasteiger partial charge in [0, 0.05) is 28.5 Å². The molecule has 96 valence electrons. The van der Waals surface area contributed by atoms with Crippen LogP contribution in [0.5, 0.6) is 0 Å². The summed E-state index contributed by atoms with van der Waals surface area (Å²) in [7, 11) is 0. The first kappa shape index (κ1) is 15.3. The van der Waals surface area contributed by atoms with Gasteiger partial charge in [-0.2, -0.15) is 0 Å². The average molecular weight is 339 g/mol. The summed E-state index contributed by atoms with van der Waals surface area (Å²) in [6.07, 6.45) is 2.40. The van der Waals surface area contributed by atoms with Crippen LogP contribution in [0.15, 0.2) is 22.7 Å². The third kappa shape index (κ3) is 5.60. The average Bonchev–Trinajstić information content (AvgIpc) is 2.29. The van der Waals surface area contributed by atoms with E-state index in [0.29, 0.717) is 5.88 Å². The molecule has 0 radical (unpaired) electrons. The molecule has 0 aromatic heterocycles. The van der Waals surface area contributed by atoms with Gasteiger partial charge >= 0.3 is 0 Å². The summed E-state index contributed by atoms with van der Waals surface area (Å²) in [5, 5.41) is 0.815. The highest BCUT2D eigenvalue weighted by Gasteiger charge is 2.08. The largest absolute Gasteiger partial charge is 0.298 e. The van der Waals surface area contributed by atoms with Gasteiger partial charge in [0.05, 0.1) is 0 Å². The van der Waals surface area contributed by atoms with Gasteiger partial charge in [-0.15, -0.1) is 11.6 Å². The molecule has 1 aromatic carbocycles. The molecule has 0 atom stereocenters. The zero-order chi connectivity index (χ0) is 12.7. The molecule has 0 N–H and O–H groups in total. The van der Waals surface area contributed by atoms with Crippen molar-refractivity contribution in [1.29, 1.82) is 0 Å². The van der Waals surface area contributed by atoms with Gasteiger partial charge in [0.1, 0.15) is 0 Å². The molecule has 1 nitrogen and oxygen atoms in total. The summed E-state index contributed by atoms with van der Waals surface area (Å²) < 4.78 is 1.02. The van der Waals surface area contributed by atoms with Crippen LogP contribution >= 0.6 is 39.1 Å². The molecule has 1 aromatic rings. The summed E-state index contributed by atoms with van der Waals surface area (Å²) in [6.45, 7) is 5.06. The van der Waals surface area contributed by atoms with Gasteiger partial charge in [0.25, 0.3) is 0 Å². The molecule has 0 spiro atoms. The fourth-order valence-electron chi connectivity index (χ4n) is 1.66. The minimum atomic E-state index is 0.665. The van der Waals surface area contributed by atoms with E-state index in [4.69, 9.17) is 23.2 Å². The number of halogens is 3. The van der Waals surface area contributed by atoms with Gasteiger partial charge in [0.2, 0.25) is 0 Å². The quantitative estimate of drug-likeness (QED) is 0.636. The fraction of sp³-hybridized carbons (Fsp3) is 0.538. The van der Waals surface area contributed by atoms with Gasteiger partial charge in [-0.25, -0.2) is 0 Å². The van der Waals surface area contributed by atoms with Crippen molar-refractivity contribution < 1.29 is 0 Å². The van der Waals surface area contributed by atoms with Crippen molar-refractivity contribution in [1.82, 2.24) is 4.90 Å². The lowest BCUT2D eigenvalue weighted by Gasteiger charge is -2.21. The van der Waals surface area contributed by atoms with Crippen molar-refractivity contribution in [2.45, 2.75) is 26.3 Å². The van der Waals surface area contributed by atoms with Crippen LogP contribution in [-0.4, -0.2) is 23.9 Å². The minimum Gasteiger partial charge on any atom is -0.298 e. The minimum absolute atomic E-state index is 0.665. The van der Waals surface area contributed by atoms with Gasteiger partial charge in [-0.1, -0.05) is 46.9 Å². The molecular formula is C13H18BrCl2N. The molecule has 0 amide bonds. The molecular weight excluding hydrogens is 321 g/mol. The Bertz CT molecular complexity index is 344. The second kappa shape index (κ2) is 8.36. The van der Waals surface area contributed by atoms with E-state index in [0.717, 1.165) is 34.7 Å². The maximum Gasteiger partial charge on any atom is 0.0462 e. The van der Waals surface area contributed by atoms with Gasteiger partial charge in [-0.3, -0.25) is 4.90 Å². The molecule has 4 heteroatoms. The summed E-state index contributed by atoms with van der Waals surface area (Å²) >= 11 is 15.5. The van der Waals surface area contributed by atoms with Crippen LogP contribution in [0.1, 0.15) is 25.3 Å². The third-order valence-electron chi connectivity index (χ3n) is 2.64. The van der Waals surface area contributed by atoms with Crippen LogP contribution in [0.4, 0.5) is 0 Å². The molecule has 0 fully saturated rings. The van der Waals surface area contributed by atoms with Crippen LogP contribution in [0.2, 0.25) is 5.02 Å². The summed E-state index contributed by atoms with van der Waals surface area (Å²) in [5.41, 5.74) is 1.16. The van der Waals surface area contributed by atoms with E-state index in [-0.39, 0.29) is 0 Å². The van der Waals surface area contributed by atoms with Crippen LogP contribution in [-0.2, 0) is 6.54 Å². The number of nitrogens with zero attached hydrogens (tertiary/aromatic N) is 1. The molecule has 0 saturated carbocycles. The Labute approximate surface area is 122 Å². The Hall–Kier alpha value is 0.240. The lowest BCUT2D eigenvalue weighted by atomic mass is 10.2. The highest BCUT2D eigenvalue weighted by atomic mass is 79.9. The normalized spacial score (nSPS) is 11.1. The molecule has 0 aliphatic rings. The number of alkyl halides is 1. The molecule has 0 aliphatic heterocycles. The lowest BCUT2D eigenvalue weighted by molar-refractivity contribution is 0.277. The highest BCUT2D eigenvalue weighted by Crippen LogP contribution is 2.22. The van der Waals surface area contributed by atoms with Crippen LogP contribution in [0, 0.1) is 0 Å². The van der Waals surface area contributed by atoms with E-state index in [9.17, 15) is 0 Å². The fourth-order valence-corrected chi connectivity index (χ4v) is 2.63. The number of unbranched alkanes of at least 4 members (excludes halogenated alkanes) is 1. The zero-order valence-corrected chi connectivity index (χ0v) is 13.2. The van der Waals surface area contributed by atoms with Crippen LogP contribution in [0.3, 0.4) is 0 Å². The van der Waals surface area contributed by atoms with Crippen molar-refractivity contribution in [2.24, 2.45) is 0 Å². The van der Waals surface area contributed by atoms with Crippen LogP contribution < -0.4 is 0 Å². The van der Waals surface area contributed by atoms with E-state index in [2.05, 4.69) is 33.8 Å². The molecule has 0 heterocycles. The maximum absolute atomic E-state index is 6.22. The zero-order valence-electron chi connectivity index (χ0n) is 10.1. The van der Waals surface area contributed by atoms with Gasteiger partial charge < -0.3 is 0 Å². The second-order valence-electron chi connectivity index (χ2n) is 4.05. The van der Waals surface area contributed by atoms with Gasteiger partial charge in [-0.05, 0) is 30.7 Å². The van der Waals surface area contributed by atoms with E-state index < -0.39 is 0 Å². The van der Waals surface area contributed by atoms with E-state index in [1.54, 1.807) is 0 Å². The predicted octanol–water partition coefficient (Wildman–Crippen LogP) is 4.94. The number of rotatable bonds is 7. The summed E-state index contributed by atoms with van der Waals surface area (Å²) in [4.78, 5) is 2.35. The Morgan fingerprint density at radius 1 is 1.29 bits per heavy atom. The van der Waals surface area contributed by atoms with Crippen molar-refractivity contribution in [3.8, 4) is 0 Å². The standard InChI is InChI=1S/C13H18BrCl2N/c1-2-3-7-17(8-6-15)10-11-4-5-12(14)9-13(11)16/h4-5,9H,2-3,6-8,10H2,1H3. The Morgan fingerprint density at radius 3 is 2.65 bits per heavy atom. The molecule has 1 rings (SSSR count). The van der Waals surface area contributed by atoms with E-state index in [1.165, 1.54) is 12.8 Å². The number of hydrogen-bond donors (Lipinski definition) is 0. The van der Waals surface area contributed by atoms with Crippen LogP contribution in [0.25, 0.3) is 0 Å². The smallest absolute Gasteiger partial charge is 0.0462 e.